The second-order valence-electron chi connectivity index (χ2n) is 8.94. The van der Waals surface area contributed by atoms with Crippen LogP contribution in [0.25, 0.3) is 0 Å². The highest BCUT2D eigenvalue weighted by molar-refractivity contribution is 5.96. The first-order valence-electron chi connectivity index (χ1n) is 12.2. The number of nitrogens with two attached hydrogens (primary N) is 3. The topological polar surface area (TPSA) is 268 Å². The zero-order valence-corrected chi connectivity index (χ0v) is 21.8. The molecular weight excluding hydrogens is 486 g/mol. The number of unbranched alkanes of at least 4 members (excludes halogenated alkanes) is 1. The third kappa shape index (κ3) is 14.0. The molecule has 0 rings (SSSR count). The lowest BCUT2D eigenvalue weighted by Crippen LogP contribution is -2.58. The van der Waals surface area contributed by atoms with Gasteiger partial charge in [0.25, 0.3) is 0 Å². The molecule has 4 atom stereocenters. The number of carboxylic acids is 1. The summed E-state index contributed by atoms with van der Waals surface area (Å²) >= 11 is 0. The van der Waals surface area contributed by atoms with Crippen LogP contribution in [0, 0.1) is 11.3 Å². The van der Waals surface area contributed by atoms with Crippen LogP contribution in [0.15, 0.2) is 0 Å². The van der Waals surface area contributed by atoms with Gasteiger partial charge < -0.3 is 48.9 Å². The molecule has 0 aliphatic rings. The molecule has 0 heterocycles. The molecule has 0 aromatic heterocycles. The van der Waals surface area contributed by atoms with Gasteiger partial charge in [0, 0.05) is 13.6 Å². The minimum absolute atomic E-state index is 0.182. The summed E-state index contributed by atoms with van der Waals surface area (Å²) < 4.78 is 0. The fourth-order valence-electron chi connectivity index (χ4n) is 3.32. The molecule has 15 heteroatoms. The molecule has 0 bridgehead atoms. The van der Waals surface area contributed by atoms with Crippen molar-refractivity contribution in [1.82, 2.24) is 26.6 Å². The Morgan fingerprint density at radius 2 is 1.46 bits per heavy atom. The van der Waals surface area contributed by atoms with Crippen LogP contribution in [-0.4, -0.2) is 85.0 Å². The van der Waals surface area contributed by atoms with Gasteiger partial charge in [-0.2, -0.15) is 0 Å². The van der Waals surface area contributed by atoms with Crippen LogP contribution < -0.4 is 43.8 Å². The van der Waals surface area contributed by atoms with Crippen molar-refractivity contribution in [3.63, 3.8) is 0 Å². The Morgan fingerprint density at radius 1 is 0.865 bits per heavy atom. The van der Waals surface area contributed by atoms with E-state index in [4.69, 9.17) is 22.6 Å². The van der Waals surface area contributed by atoms with Gasteiger partial charge in [-0.25, -0.2) is 0 Å². The van der Waals surface area contributed by atoms with Crippen molar-refractivity contribution in [2.75, 3.05) is 20.1 Å². The fourth-order valence-corrected chi connectivity index (χ4v) is 3.32. The van der Waals surface area contributed by atoms with Crippen molar-refractivity contribution in [3.8, 4) is 0 Å². The van der Waals surface area contributed by atoms with Gasteiger partial charge in [0.05, 0.1) is 12.5 Å². The predicted molar refractivity (Wildman–Crippen MR) is 137 cm³/mol. The van der Waals surface area contributed by atoms with Crippen molar-refractivity contribution < 1.29 is 29.1 Å². The van der Waals surface area contributed by atoms with Gasteiger partial charge in [-0.15, -0.1) is 0 Å². The van der Waals surface area contributed by atoms with E-state index >= 15 is 0 Å². The van der Waals surface area contributed by atoms with E-state index in [0.29, 0.717) is 32.4 Å². The minimum Gasteiger partial charge on any atom is -0.481 e. The summed E-state index contributed by atoms with van der Waals surface area (Å²) in [6, 6.07) is -4.47. The zero-order valence-electron chi connectivity index (χ0n) is 21.8. The Bertz CT molecular complexity index is 793. The van der Waals surface area contributed by atoms with Crippen LogP contribution in [0.5, 0.6) is 0 Å². The lowest BCUT2D eigenvalue weighted by molar-refractivity contribution is -0.141. The summed E-state index contributed by atoms with van der Waals surface area (Å²) in [5.41, 5.74) is 16.6. The van der Waals surface area contributed by atoms with Crippen LogP contribution >= 0.6 is 0 Å². The van der Waals surface area contributed by atoms with Gasteiger partial charge in [0.15, 0.2) is 5.96 Å². The first-order chi connectivity index (χ1) is 17.3. The number of carbonyl (C=O) groups is 5. The quantitative estimate of drug-likeness (QED) is 0.0489. The number of hydrogen-bond donors (Lipinski definition) is 10. The average Bonchev–Trinajstić information content (AvgIpc) is 2.82. The number of carboxylic acid groups (broad SMARTS) is 1. The van der Waals surface area contributed by atoms with Crippen molar-refractivity contribution in [1.29, 1.82) is 5.41 Å². The molecule has 13 N–H and O–H groups in total. The average molecular weight is 530 g/mol. The van der Waals surface area contributed by atoms with Gasteiger partial charge in [0.2, 0.25) is 23.6 Å². The van der Waals surface area contributed by atoms with E-state index in [2.05, 4.69) is 26.6 Å². The molecule has 0 aromatic carbocycles. The zero-order chi connectivity index (χ0) is 28.5. The molecule has 0 saturated heterocycles. The number of nitrogens with one attached hydrogen (secondary N) is 6. The maximum atomic E-state index is 13.0. The van der Waals surface area contributed by atoms with Crippen LogP contribution in [0.1, 0.15) is 52.4 Å². The number of aliphatic carboxylic acids is 1. The first-order valence-corrected chi connectivity index (χ1v) is 12.2. The molecule has 15 nitrogen and oxygen atoms in total. The molecule has 37 heavy (non-hydrogen) atoms. The summed E-state index contributed by atoms with van der Waals surface area (Å²) in [7, 11) is 1.40. The number of amides is 4. The Morgan fingerprint density at radius 3 is 1.97 bits per heavy atom. The van der Waals surface area contributed by atoms with Gasteiger partial charge in [0.1, 0.15) is 18.1 Å². The molecule has 0 spiro atoms. The molecular formula is C22H43N9O6. The Labute approximate surface area is 216 Å². The smallest absolute Gasteiger partial charge is 0.305 e. The number of guanidine groups is 1. The standard InChI is InChI=1S/C22H43N9O6/c1-12(2)17(21(37)27-3)31-20(36)15(11-16(32)33)30-19(35)14(8-4-5-9-23)29-18(34)13(24)7-6-10-28-22(25)26/h12-15,17H,4-11,23-24H2,1-3H3,(H,27,37)(H,29,34)(H,30,35)(H,31,36)(H,32,33)(H4,25,26,28)/t13-,14-,15-,17-/m0/s1. The molecule has 0 fully saturated rings. The minimum atomic E-state index is -1.49. The van der Waals surface area contributed by atoms with Gasteiger partial charge in [-0.3, -0.25) is 29.4 Å². The maximum absolute atomic E-state index is 13.0. The van der Waals surface area contributed by atoms with E-state index in [1.54, 1.807) is 13.8 Å². The van der Waals surface area contributed by atoms with Crippen molar-refractivity contribution in [2.24, 2.45) is 23.1 Å². The SMILES string of the molecule is CNC(=O)[C@@H](NC(=O)[C@H](CC(=O)O)NC(=O)[C@H](CCCCN)NC(=O)[C@@H](N)CCCNC(=N)N)C(C)C. The largest absolute Gasteiger partial charge is 0.481 e. The van der Waals surface area contributed by atoms with E-state index in [1.807, 2.05) is 0 Å². The highest BCUT2D eigenvalue weighted by Gasteiger charge is 2.32. The highest BCUT2D eigenvalue weighted by atomic mass is 16.4. The third-order valence-electron chi connectivity index (χ3n) is 5.43. The Hall–Kier alpha value is -3.46. The van der Waals surface area contributed by atoms with Gasteiger partial charge in [-0.05, 0) is 44.6 Å². The molecule has 0 saturated carbocycles. The van der Waals surface area contributed by atoms with E-state index in [0.717, 1.165) is 0 Å². The summed E-state index contributed by atoms with van der Waals surface area (Å²) in [6.07, 6.45) is 1.20. The van der Waals surface area contributed by atoms with Crippen LogP contribution in [0.3, 0.4) is 0 Å². The van der Waals surface area contributed by atoms with Crippen molar-refractivity contribution in [3.05, 3.63) is 0 Å². The lowest BCUT2D eigenvalue weighted by Gasteiger charge is -2.26. The molecule has 4 amide bonds. The number of carbonyl (C=O) groups excluding carboxylic acids is 4. The van der Waals surface area contributed by atoms with Crippen LogP contribution in [0.4, 0.5) is 0 Å². The van der Waals surface area contributed by atoms with E-state index in [9.17, 15) is 29.1 Å². The van der Waals surface area contributed by atoms with Gasteiger partial charge >= 0.3 is 5.97 Å². The summed E-state index contributed by atoms with van der Waals surface area (Å²) in [4.78, 5) is 62.0. The van der Waals surface area contributed by atoms with Crippen molar-refractivity contribution in [2.45, 2.75) is 76.5 Å². The number of likely N-dealkylation sites (N-methyl/N-ethyl adjacent to an activating group) is 1. The Balaban J connectivity index is 5.46. The van der Waals surface area contributed by atoms with Crippen LogP contribution in [0.2, 0.25) is 0 Å². The van der Waals surface area contributed by atoms with E-state index in [-0.39, 0.29) is 24.7 Å². The third-order valence-corrected chi connectivity index (χ3v) is 5.43. The van der Waals surface area contributed by atoms with E-state index in [1.165, 1.54) is 7.05 Å². The molecule has 0 aromatic rings. The summed E-state index contributed by atoms with van der Waals surface area (Å²) in [5.74, 6) is -4.54. The maximum Gasteiger partial charge on any atom is 0.305 e. The molecule has 212 valence electrons. The molecule has 0 unspecified atom stereocenters. The lowest BCUT2D eigenvalue weighted by atomic mass is 10.0. The highest BCUT2D eigenvalue weighted by Crippen LogP contribution is 2.07. The summed E-state index contributed by atoms with van der Waals surface area (Å²) in [6.45, 7) is 4.11. The van der Waals surface area contributed by atoms with Crippen molar-refractivity contribution >= 4 is 35.6 Å². The second-order valence-corrected chi connectivity index (χ2v) is 8.94. The number of hydrogen-bond acceptors (Lipinski definition) is 8. The Kier molecular flexibility index (Phi) is 16.2. The monoisotopic (exact) mass is 529 g/mol. The second kappa shape index (κ2) is 17.9. The normalized spacial score (nSPS) is 14.0. The number of rotatable bonds is 18. The molecule has 0 aliphatic heterocycles. The van der Waals surface area contributed by atoms with E-state index < -0.39 is 60.2 Å². The first kappa shape index (κ1) is 33.5. The fraction of sp³-hybridized carbons (Fsp3) is 0.727. The molecule has 0 aliphatic carbocycles. The summed E-state index contributed by atoms with van der Waals surface area (Å²) in [5, 5.41) is 28.9. The predicted octanol–water partition coefficient (Wildman–Crippen LogP) is -2.96. The van der Waals surface area contributed by atoms with Gasteiger partial charge in [-0.1, -0.05) is 13.8 Å². The molecule has 0 radical (unpaired) electrons. The van der Waals surface area contributed by atoms with Crippen LogP contribution in [-0.2, 0) is 24.0 Å².